The fraction of sp³-hybridized carbons (Fsp3) is 0. The maximum atomic E-state index is 0. The van der Waals surface area contributed by atoms with Crippen molar-refractivity contribution in [1.29, 1.82) is 0 Å². The average Bonchev–Trinajstić information content (AvgIpc) is 0. The van der Waals surface area contributed by atoms with Crippen molar-refractivity contribution in [1.82, 2.24) is 0 Å². The van der Waals surface area contributed by atoms with Crippen LogP contribution in [0.25, 0.3) is 0 Å². The summed E-state index contributed by atoms with van der Waals surface area (Å²) in [5, 5.41) is 0. The molecule has 0 aliphatic carbocycles. The first-order chi connectivity index (χ1) is 0. The molecule has 0 spiro atoms. The third kappa shape index (κ3) is 225. The predicted octanol–water partition coefficient (Wildman–Crippen LogP) is -4.41. The van der Waals surface area contributed by atoms with Gasteiger partial charge in [-0.05, 0) is 0 Å². The van der Waals surface area contributed by atoms with Crippen LogP contribution in [0, 0.1) is 0 Å². The topological polar surface area (TPSA) is 360 Å². The summed E-state index contributed by atoms with van der Waals surface area (Å²) in [6.07, 6.45) is 0. The van der Waals surface area contributed by atoms with Gasteiger partial charge in [0.2, 0.25) is 0 Å². The molecule has 0 aliphatic rings. The van der Waals surface area contributed by atoms with E-state index >= 15 is 0 Å². The van der Waals surface area contributed by atoms with Gasteiger partial charge in [0, 0.05) is 0 Å². The fourth-order valence-electron chi connectivity index (χ4n) is 0. The molecule has 0 aromatic heterocycles. The molecule has 18 heteroatoms. The van der Waals surface area contributed by atoms with Gasteiger partial charge in [0.05, 0.1) is 0 Å². The Hall–Kier alpha value is 7.08. The van der Waals surface area contributed by atoms with Gasteiger partial charge in [-0.2, -0.15) is 0 Å². The van der Waals surface area contributed by atoms with Crippen LogP contribution in [0.1, 0.15) is 0 Å². The molecule has 0 amide bonds. The summed E-state index contributed by atoms with van der Waals surface area (Å²) in [6, 6.07) is 0. The first-order valence-electron chi connectivity index (χ1n) is 0. The standard InChI is InChI=1S/6Ca.12H2O/h;;;;;;12*1H2/q6*+2;;;;;;;;;;;;/p-12. The Morgan fingerprint density at radius 2 is 0.111 bits per heavy atom. The quantitative estimate of drug-likeness (QED) is 0.319. The van der Waals surface area contributed by atoms with Crippen molar-refractivity contribution in [2.75, 3.05) is 0 Å². The van der Waals surface area contributed by atoms with Gasteiger partial charge in [0.15, 0.2) is 0 Å². The van der Waals surface area contributed by atoms with Crippen LogP contribution >= 0.6 is 0 Å². The maximum Gasteiger partial charge on any atom is 2.00 e. The molecular weight excluding hydrogens is 432 g/mol. The molecule has 0 atom stereocenters. The maximum absolute atomic E-state index is 0. The van der Waals surface area contributed by atoms with Crippen molar-refractivity contribution in [3.05, 3.63) is 0 Å². The summed E-state index contributed by atoms with van der Waals surface area (Å²) < 4.78 is 0. The Balaban J connectivity index is 0. The number of hydrogen-bond donors (Lipinski definition) is 0. The molecule has 18 heavy (non-hydrogen) atoms. The van der Waals surface area contributed by atoms with Gasteiger partial charge in [-0.25, -0.2) is 0 Å². The van der Waals surface area contributed by atoms with Crippen molar-refractivity contribution < 1.29 is 65.7 Å². The Morgan fingerprint density at radius 3 is 0.111 bits per heavy atom. The summed E-state index contributed by atoms with van der Waals surface area (Å²) in [6.45, 7) is 0. The van der Waals surface area contributed by atoms with E-state index in [4.69, 9.17) is 0 Å². The van der Waals surface area contributed by atoms with E-state index in [2.05, 4.69) is 0 Å². The predicted molar refractivity (Wildman–Crippen MR) is 57.8 cm³/mol. The molecule has 0 bridgehead atoms. The monoisotopic (exact) mass is 444 g/mol. The van der Waals surface area contributed by atoms with E-state index in [1.165, 1.54) is 0 Å². The van der Waals surface area contributed by atoms with Crippen molar-refractivity contribution in [3.63, 3.8) is 0 Å². The van der Waals surface area contributed by atoms with Crippen LogP contribution in [-0.4, -0.2) is 292 Å². The second kappa shape index (κ2) is 256. The zero-order valence-electron chi connectivity index (χ0n) is 9.61. The van der Waals surface area contributed by atoms with Gasteiger partial charge in [0.25, 0.3) is 0 Å². The van der Waals surface area contributed by atoms with Gasteiger partial charge >= 0.3 is 226 Å². The van der Waals surface area contributed by atoms with E-state index in [0.29, 0.717) is 0 Å². The van der Waals surface area contributed by atoms with Gasteiger partial charge < -0.3 is 65.7 Å². The SMILES string of the molecule is [Ca+2].[Ca+2].[Ca+2].[Ca+2].[Ca+2].[Ca+2].[OH-].[OH-].[OH-].[OH-].[OH-].[OH-].[OH-].[OH-].[OH-].[OH-].[OH-].[OH-]. The van der Waals surface area contributed by atoms with E-state index in [1.807, 2.05) is 0 Å². The molecule has 96 valence electrons. The van der Waals surface area contributed by atoms with E-state index in [9.17, 15) is 0 Å². The third-order valence-corrected chi connectivity index (χ3v) is 0. The summed E-state index contributed by atoms with van der Waals surface area (Å²) in [7, 11) is 0. The van der Waals surface area contributed by atoms with Crippen molar-refractivity contribution in [2.45, 2.75) is 0 Å². The smallest absolute Gasteiger partial charge is 0.870 e. The Kier molecular flexibility index (Phi) is 4130. The molecule has 0 aliphatic heterocycles. The third-order valence-electron chi connectivity index (χ3n) is 0. The van der Waals surface area contributed by atoms with Crippen LogP contribution in [0.2, 0.25) is 0 Å². The minimum absolute atomic E-state index is 0. The Labute approximate surface area is 284 Å². The number of rotatable bonds is 0. The van der Waals surface area contributed by atoms with Gasteiger partial charge in [0.1, 0.15) is 0 Å². The zero-order chi connectivity index (χ0) is 0. The van der Waals surface area contributed by atoms with Crippen LogP contribution in [0.5, 0.6) is 0 Å². The van der Waals surface area contributed by atoms with E-state index in [1.54, 1.807) is 0 Å². The van der Waals surface area contributed by atoms with Crippen LogP contribution < -0.4 is 0 Å². The largest absolute Gasteiger partial charge is 2.00 e. The zero-order valence-corrected chi connectivity index (χ0v) is 22.9. The first-order valence-corrected chi connectivity index (χ1v) is 0. The Bertz CT molecular complexity index is 16.5. The summed E-state index contributed by atoms with van der Waals surface area (Å²) in [5.41, 5.74) is 0. The molecule has 12 N–H and O–H groups in total. The molecule has 0 heterocycles. The molecule has 12 nitrogen and oxygen atoms in total. The molecule has 0 radical (unpaired) electrons. The summed E-state index contributed by atoms with van der Waals surface area (Å²) >= 11 is 0. The van der Waals surface area contributed by atoms with Crippen molar-refractivity contribution in [3.8, 4) is 0 Å². The van der Waals surface area contributed by atoms with Crippen molar-refractivity contribution in [2.24, 2.45) is 0 Å². The van der Waals surface area contributed by atoms with Gasteiger partial charge in [-0.3, -0.25) is 0 Å². The van der Waals surface area contributed by atoms with Crippen LogP contribution in [0.3, 0.4) is 0 Å². The molecular formula is H12Ca6O12. The first kappa shape index (κ1) is 290. The average molecular weight is 445 g/mol. The fourth-order valence-corrected chi connectivity index (χ4v) is 0. The van der Waals surface area contributed by atoms with Crippen LogP contribution in [0.15, 0.2) is 0 Å². The second-order valence-corrected chi connectivity index (χ2v) is 0. The summed E-state index contributed by atoms with van der Waals surface area (Å²) in [4.78, 5) is 0. The molecule has 0 rings (SSSR count). The van der Waals surface area contributed by atoms with E-state index in [-0.39, 0.29) is 292 Å². The molecule has 0 aromatic rings. The van der Waals surface area contributed by atoms with Crippen LogP contribution in [0.4, 0.5) is 0 Å². The Morgan fingerprint density at radius 1 is 0.111 bits per heavy atom. The van der Waals surface area contributed by atoms with Crippen LogP contribution in [-0.2, 0) is 0 Å². The van der Waals surface area contributed by atoms with Gasteiger partial charge in [-0.15, -0.1) is 0 Å². The minimum Gasteiger partial charge on any atom is -0.870 e. The molecule has 0 fully saturated rings. The molecule has 0 aromatic carbocycles. The summed E-state index contributed by atoms with van der Waals surface area (Å²) in [5.74, 6) is 0. The molecule has 0 unspecified atom stereocenters. The minimum atomic E-state index is 0. The van der Waals surface area contributed by atoms with Crippen molar-refractivity contribution >= 4 is 226 Å². The molecule has 0 saturated carbocycles. The second-order valence-electron chi connectivity index (χ2n) is 0. The molecule has 0 saturated heterocycles. The number of hydrogen-bond acceptors (Lipinski definition) is 12. The normalized spacial score (nSPS) is 0. The van der Waals surface area contributed by atoms with Gasteiger partial charge in [-0.1, -0.05) is 0 Å². The van der Waals surface area contributed by atoms with E-state index < -0.39 is 0 Å². The van der Waals surface area contributed by atoms with E-state index in [0.717, 1.165) is 0 Å².